The van der Waals surface area contributed by atoms with Crippen molar-refractivity contribution < 1.29 is 9.63 Å². The van der Waals surface area contributed by atoms with E-state index >= 15 is 0 Å². The summed E-state index contributed by atoms with van der Waals surface area (Å²) >= 11 is 0. The highest BCUT2D eigenvalue weighted by atomic mass is 16.7. The zero-order valence-corrected chi connectivity index (χ0v) is 9.65. The van der Waals surface area contributed by atoms with E-state index in [2.05, 4.69) is 5.32 Å². The van der Waals surface area contributed by atoms with Crippen LogP contribution < -0.4 is 5.32 Å². The van der Waals surface area contributed by atoms with Gasteiger partial charge in [0.15, 0.2) is 0 Å². The number of hydroxylamine groups is 2. The van der Waals surface area contributed by atoms with E-state index in [9.17, 15) is 4.79 Å². The van der Waals surface area contributed by atoms with Crippen LogP contribution in [-0.2, 0) is 9.63 Å². The normalized spacial score (nSPS) is 38.8. The summed E-state index contributed by atoms with van der Waals surface area (Å²) in [7, 11) is 0. The van der Waals surface area contributed by atoms with Crippen LogP contribution in [0.3, 0.4) is 0 Å². The molecule has 0 aromatic rings. The maximum absolute atomic E-state index is 12.2. The summed E-state index contributed by atoms with van der Waals surface area (Å²) in [5, 5.41) is 5.03. The van der Waals surface area contributed by atoms with Crippen LogP contribution in [0.1, 0.15) is 25.7 Å². The molecule has 1 amide bonds. The summed E-state index contributed by atoms with van der Waals surface area (Å²) in [5.74, 6) is 1.95. The number of rotatable bonds is 1. The van der Waals surface area contributed by atoms with Crippen LogP contribution in [0.4, 0.5) is 0 Å². The quantitative estimate of drug-likeness (QED) is 0.716. The average molecular weight is 224 g/mol. The molecule has 1 saturated carbocycles. The summed E-state index contributed by atoms with van der Waals surface area (Å²) < 4.78 is 0. The molecule has 3 aliphatic rings. The summed E-state index contributed by atoms with van der Waals surface area (Å²) in [6.07, 6.45) is 4.31. The Bertz CT molecular complexity index is 264. The van der Waals surface area contributed by atoms with E-state index < -0.39 is 0 Å². The number of fused-ring (bicyclic) bond motifs is 1. The molecule has 3 fully saturated rings. The monoisotopic (exact) mass is 224 g/mol. The van der Waals surface area contributed by atoms with Crippen molar-refractivity contribution >= 4 is 5.91 Å². The molecule has 4 heteroatoms. The smallest absolute Gasteiger partial charge is 0.249 e. The topological polar surface area (TPSA) is 41.6 Å². The Morgan fingerprint density at radius 2 is 1.94 bits per heavy atom. The van der Waals surface area contributed by atoms with Crippen molar-refractivity contribution in [2.24, 2.45) is 17.8 Å². The van der Waals surface area contributed by atoms with Gasteiger partial charge in [0.2, 0.25) is 5.91 Å². The highest BCUT2D eigenvalue weighted by molar-refractivity contribution is 5.78. The molecule has 0 aromatic carbocycles. The molecule has 2 aliphatic heterocycles. The van der Waals surface area contributed by atoms with Crippen molar-refractivity contribution in [3.05, 3.63) is 0 Å². The zero-order valence-electron chi connectivity index (χ0n) is 9.65. The summed E-state index contributed by atoms with van der Waals surface area (Å²) in [4.78, 5) is 17.7. The molecule has 2 atom stereocenters. The first-order chi connectivity index (χ1) is 7.84. The van der Waals surface area contributed by atoms with Crippen LogP contribution in [-0.4, -0.2) is 37.2 Å². The van der Waals surface area contributed by atoms with Crippen LogP contribution in [0.25, 0.3) is 0 Å². The molecule has 0 spiro atoms. The summed E-state index contributed by atoms with van der Waals surface area (Å²) in [5.41, 5.74) is 0. The maximum Gasteiger partial charge on any atom is 0.249 e. The molecule has 0 radical (unpaired) electrons. The van der Waals surface area contributed by atoms with Gasteiger partial charge in [0, 0.05) is 12.5 Å². The molecule has 2 unspecified atom stereocenters. The minimum absolute atomic E-state index is 0.232. The maximum atomic E-state index is 12.2. The Morgan fingerprint density at radius 1 is 1.19 bits per heavy atom. The first kappa shape index (κ1) is 10.5. The van der Waals surface area contributed by atoms with Crippen LogP contribution in [0.5, 0.6) is 0 Å². The fourth-order valence-corrected chi connectivity index (χ4v) is 3.34. The van der Waals surface area contributed by atoms with E-state index in [0.29, 0.717) is 6.61 Å². The highest BCUT2D eigenvalue weighted by Crippen LogP contribution is 2.39. The van der Waals surface area contributed by atoms with Crippen LogP contribution in [0.15, 0.2) is 0 Å². The van der Waals surface area contributed by atoms with Gasteiger partial charge < -0.3 is 5.32 Å². The van der Waals surface area contributed by atoms with Crippen molar-refractivity contribution in [2.75, 3.05) is 26.2 Å². The minimum atomic E-state index is 0.232. The van der Waals surface area contributed by atoms with Gasteiger partial charge in [0.05, 0.1) is 6.61 Å². The first-order valence-corrected chi connectivity index (χ1v) is 6.49. The van der Waals surface area contributed by atoms with E-state index in [0.717, 1.165) is 57.2 Å². The number of nitrogens with zero attached hydrogens (tertiary/aromatic N) is 1. The van der Waals surface area contributed by atoms with E-state index in [1.807, 2.05) is 0 Å². The third-order valence-electron chi connectivity index (χ3n) is 4.25. The number of hydrogen-bond donors (Lipinski definition) is 1. The predicted molar refractivity (Wildman–Crippen MR) is 59.5 cm³/mol. The second-order valence-corrected chi connectivity index (χ2v) is 5.33. The van der Waals surface area contributed by atoms with Gasteiger partial charge in [-0.25, -0.2) is 5.06 Å². The van der Waals surface area contributed by atoms with Crippen LogP contribution >= 0.6 is 0 Å². The second-order valence-electron chi connectivity index (χ2n) is 5.33. The van der Waals surface area contributed by atoms with Crippen LogP contribution in [0.2, 0.25) is 0 Å². The second kappa shape index (κ2) is 4.34. The zero-order chi connectivity index (χ0) is 11.0. The minimum Gasteiger partial charge on any atom is -0.316 e. The molecular formula is C12H20N2O2. The molecule has 0 aromatic heterocycles. The highest BCUT2D eigenvalue weighted by Gasteiger charge is 2.41. The molecule has 2 heterocycles. The Hall–Kier alpha value is -0.610. The molecule has 1 aliphatic carbocycles. The largest absolute Gasteiger partial charge is 0.316 e. The number of hydrogen-bond acceptors (Lipinski definition) is 3. The SMILES string of the molecule is O=C(C1CC2CNCC2C1)N1CCCCO1. The Kier molecular flexibility index (Phi) is 2.86. The first-order valence-electron chi connectivity index (χ1n) is 6.49. The van der Waals surface area contributed by atoms with Crippen molar-refractivity contribution in [3.8, 4) is 0 Å². The van der Waals surface area contributed by atoms with Gasteiger partial charge in [-0.3, -0.25) is 9.63 Å². The lowest BCUT2D eigenvalue weighted by atomic mass is 10.0. The van der Waals surface area contributed by atoms with Crippen LogP contribution in [0, 0.1) is 17.8 Å². The van der Waals surface area contributed by atoms with Crippen molar-refractivity contribution in [1.82, 2.24) is 10.4 Å². The lowest BCUT2D eigenvalue weighted by Gasteiger charge is -2.28. The molecular weight excluding hydrogens is 204 g/mol. The number of nitrogens with one attached hydrogen (secondary N) is 1. The van der Waals surface area contributed by atoms with E-state index in [1.165, 1.54) is 0 Å². The number of amides is 1. The average Bonchev–Trinajstić information content (AvgIpc) is 2.89. The van der Waals surface area contributed by atoms with Crippen molar-refractivity contribution in [1.29, 1.82) is 0 Å². The Morgan fingerprint density at radius 3 is 2.56 bits per heavy atom. The molecule has 16 heavy (non-hydrogen) atoms. The van der Waals surface area contributed by atoms with Gasteiger partial charge in [-0.05, 0) is 50.6 Å². The third kappa shape index (κ3) is 1.84. The molecule has 2 saturated heterocycles. The number of carbonyl (C=O) groups excluding carboxylic acids is 1. The Balaban J connectivity index is 1.59. The molecule has 1 N–H and O–H groups in total. The number of carbonyl (C=O) groups is 1. The molecule has 0 bridgehead atoms. The van der Waals surface area contributed by atoms with Gasteiger partial charge in [0.25, 0.3) is 0 Å². The van der Waals surface area contributed by atoms with Gasteiger partial charge in [-0.15, -0.1) is 0 Å². The van der Waals surface area contributed by atoms with Crippen molar-refractivity contribution in [2.45, 2.75) is 25.7 Å². The summed E-state index contributed by atoms with van der Waals surface area (Å²) in [6.45, 7) is 3.72. The standard InChI is InChI=1S/C12H20N2O2/c15-12(14-3-1-2-4-16-14)9-5-10-7-13-8-11(10)6-9/h9-11,13H,1-8H2. The molecule has 3 rings (SSSR count). The van der Waals surface area contributed by atoms with E-state index in [1.54, 1.807) is 5.06 Å². The van der Waals surface area contributed by atoms with Gasteiger partial charge in [-0.1, -0.05) is 0 Å². The fraction of sp³-hybridized carbons (Fsp3) is 0.917. The molecule has 4 nitrogen and oxygen atoms in total. The predicted octanol–water partition coefficient (Wildman–Crippen LogP) is 0.786. The van der Waals surface area contributed by atoms with E-state index in [4.69, 9.17) is 4.84 Å². The Labute approximate surface area is 96.3 Å². The van der Waals surface area contributed by atoms with Gasteiger partial charge in [0.1, 0.15) is 0 Å². The fourth-order valence-electron chi connectivity index (χ4n) is 3.34. The lowest BCUT2D eigenvalue weighted by molar-refractivity contribution is -0.201. The van der Waals surface area contributed by atoms with Gasteiger partial charge in [-0.2, -0.15) is 0 Å². The summed E-state index contributed by atoms with van der Waals surface area (Å²) in [6, 6.07) is 0. The van der Waals surface area contributed by atoms with E-state index in [-0.39, 0.29) is 11.8 Å². The third-order valence-corrected chi connectivity index (χ3v) is 4.25. The van der Waals surface area contributed by atoms with Crippen molar-refractivity contribution in [3.63, 3.8) is 0 Å². The molecule has 90 valence electrons. The van der Waals surface area contributed by atoms with Gasteiger partial charge >= 0.3 is 0 Å². The lowest BCUT2D eigenvalue weighted by Crippen LogP contribution is -2.39.